The molecule has 0 radical (unpaired) electrons. The van der Waals surface area contributed by atoms with Gasteiger partial charge in [-0.2, -0.15) is 0 Å². The highest BCUT2D eigenvalue weighted by Crippen LogP contribution is 2.16. The van der Waals surface area contributed by atoms with Crippen LogP contribution in [0, 0.1) is 0 Å². The highest BCUT2D eigenvalue weighted by atomic mass is 16.2. The van der Waals surface area contributed by atoms with Gasteiger partial charge in [0.25, 0.3) is 0 Å². The highest BCUT2D eigenvalue weighted by molar-refractivity contribution is 5.92. The van der Waals surface area contributed by atoms with Gasteiger partial charge in [0.05, 0.1) is 6.42 Å². The molecule has 1 saturated heterocycles. The summed E-state index contributed by atoms with van der Waals surface area (Å²) in [5.41, 5.74) is 9.07. The van der Waals surface area contributed by atoms with E-state index in [1.165, 1.54) is 0 Å². The fraction of sp³-hybridized carbons (Fsp3) is 0.263. The number of amides is 2. The normalized spacial score (nSPS) is 14.0. The Kier molecular flexibility index (Phi) is 4.79. The van der Waals surface area contributed by atoms with Crippen LogP contribution in [-0.2, 0) is 22.6 Å². The van der Waals surface area contributed by atoms with Crippen LogP contribution in [0.4, 0.5) is 11.4 Å². The maximum atomic E-state index is 12.1. The van der Waals surface area contributed by atoms with Gasteiger partial charge in [-0.25, -0.2) is 0 Å². The first-order valence-electron chi connectivity index (χ1n) is 8.11. The van der Waals surface area contributed by atoms with Crippen molar-refractivity contribution in [3.05, 3.63) is 59.7 Å². The van der Waals surface area contributed by atoms with Gasteiger partial charge in [-0.15, -0.1) is 0 Å². The van der Waals surface area contributed by atoms with Crippen molar-refractivity contribution in [3.63, 3.8) is 0 Å². The fourth-order valence-corrected chi connectivity index (χ4v) is 2.81. The van der Waals surface area contributed by atoms with E-state index in [0.29, 0.717) is 25.1 Å². The number of nitrogen functional groups attached to an aromatic ring is 1. The molecule has 1 heterocycles. The third kappa shape index (κ3) is 4.13. The third-order valence-corrected chi connectivity index (χ3v) is 4.13. The van der Waals surface area contributed by atoms with E-state index in [0.717, 1.165) is 29.8 Å². The van der Waals surface area contributed by atoms with Crippen molar-refractivity contribution < 1.29 is 9.59 Å². The maximum Gasteiger partial charge on any atom is 0.228 e. The molecule has 1 aliphatic heterocycles. The average molecular weight is 323 g/mol. The van der Waals surface area contributed by atoms with Gasteiger partial charge in [0.1, 0.15) is 0 Å². The zero-order chi connectivity index (χ0) is 16.9. The molecule has 0 bridgehead atoms. The standard InChI is InChI=1S/C19H21N3O2/c20-16-7-3-14(4-8-16)12-18(23)21-17-9-5-15(6-10-17)13-22-11-1-2-19(22)24/h3-10H,1-2,11-13,20H2,(H,21,23). The van der Waals surface area contributed by atoms with Crippen molar-refractivity contribution in [2.45, 2.75) is 25.8 Å². The summed E-state index contributed by atoms with van der Waals surface area (Å²) in [7, 11) is 0. The van der Waals surface area contributed by atoms with E-state index in [4.69, 9.17) is 5.73 Å². The average Bonchev–Trinajstić information content (AvgIpc) is 2.96. The monoisotopic (exact) mass is 323 g/mol. The maximum absolute atomic E-state index is 12.1. The van der Waals surface area contributed by atoms with Crippen molar-refractivity contribution in [3.8, 4) is 0 Å². The molecule has 1 aliphatic rings. The lowest BCUT2D eigenvalue weighted by molar-refractivity contribution is -0.128. The van der Waals surface area contributed by atoms with Crippen LogP contribution in [0.2, 0.25) is 0 Å². The molecule has 124 valence electrons. The predicted molar refractivity (Wildman–Crippen MR) is 94.3 cm³/mol. The Hall–Kier alpha value is -2.82. The van der Waals surface area contributed by atoms with Crippen LogP contribution in [-0.4, -0.2) is 23.3 Å². The zero-order valence-electron chi connectivity index (χ0n) is 13.5. The Morgan fingerprint density at radius 3 is 2.33 bits per heavy atom. The number of nitrogens with zero attached hydrogens (tertiary/aromatic N) is 1. The molecule has 5 heteroatoms. The summed E-state index contributed by atoms with van der Waals surface area (Å²) >= 11 is 0. The second kappa shape index (κ2) is 7.17. The van der Waals surface area contributed by atoms with Crippen molar-refractivity contribution in [2.75, 3.05) is 17.6 Å². The first kappa shape index (κ1) is 16.1. The van der Waals surface area contributed by atoms with E-state index in [9.17, 15) is 9.59 Å². The molecule has 24 heavy (non-hydrogen) atoms. The van der Waals surface area contributed by atoms with Gasteiger partial charge in [0.2, 0.25) is 11.8 Å². The molecule has 3 rings (SSSR count). The van der Waals surface area contributed by atoms with E-state index >= 15 is 0 Å². The molecule has 0 aromatic heterocycles. The van der Waals surface area contributed by atoms with E-state index in [2.05, 4.69) is 5.32 Å². The number of rotatable bonds is 5. The number of hydrogen-bond acceptors (Lipinski definition) is 3. The second-order valence-electron chi connectivity index (χ2n) is 6.08. The van der Waals surface area contributed by atoms with Gasteiger partial charge >= 0.3 is 0 Å². The Labute approximate surface area is 141 Å². The minimum Gasteiger partial charge on any atom is -0.399 e. The molecule has 3 N–H and O–H groups in total. The Bertz CT molecular complexity index is 723. The van der Waals surface area contributed by atoms with Crippen LogP contribution in [0.3, 0.4) is 0 Å². The van der Waals surface area contributed by atoms with Crippen molar-refractivity contribution >= 4 is 23.2 Å². The van der Waals surface area contributed by atoms with Crippen LogP contribution in [0.1, 0.15) is 24.0 Å². The lowest BCUT2D eigenvalue weighted by Crippen LogP contribution is -2.23. The van der Waals surface area contributed by atoms with E-state index in [1.807, 2.05) is 41.3 Å². The molecule has 0 spiro atoms. The molecule has 0 saturated carbocycles. The van der Waals surface area contributed by atoms with Crippen LogP contribution in [0.15, 0.2) is 48.5 Å². The number of likely N-dealkylation sites (tertiary alicyclic amines) is 1. The molecule has 0 atom stereocenters. The number of carbonyl (C=O) groups is 2. The molecule has 1 fully saturated rings. The number of carbonyl (C=O) groups excluding carboxylic acids is 2. The van der Waals surface area contributed by atoms with E-state index in [1.54, 1.807) is 12.1 Å². The Balaban J connectivity index is 1.54. The summed E-state index contributed by atoms with van der Waals surface area (Å²) in [5.74, 6) is 0.151. The van der Waals surface area contributed by atoms with Crippen LogP contribution in [0.25, 0.3) is 0 Å². The minimum absolute atomic E-state index is 0.0674. The molecule has 0 aliphatic carbocycles. The Morgan fingerprint density at radius 1 is 1.04 bits per heavy atom. The predicted octanol–water partition coefficient (Wildman–Crippen LogP) is 2.57. The zero-order valence-corrected chi connectivity index (χ0v) is 13.5. The summed E-state index contributed by atoms with van der Waals surface area (Å²) in [5, 5.41) is 2.88. The van der Waals surface area contributed by atoms with Gasteiger partial charge in [-0.3, -0.25) is 9.59 Å². The fourth-order valence-electron chi connectivity index (χ4n) is 2.81. The van der Waals surface area contributed by atoms with Crippen LogP contribution >= 0.6 is 0 Å². The van der Waals surface area contributed by atoms with Crippen LogP contribution in [0.5, 0.6) is 0 Å². The summed E-state index contributed by atoms with van der Waals surface area (Å²) in [6, 6.07) is 14.9. The third-order valence-electron chi connectivity index (χ3n) is 4.13. The van der Waals surface area contributed by atoms with Crippen molar-refractivity contribution in [1.82, 2.24) is 4.90 Å². The summed E-state index contributed by atoms with van der Waals surface area (Å²) in [4.78, 5) is 25.6. The number of hydrogen-bond donors (Lipinski definition) is 2. The molecular formula is C19H21N3O2. The van der Waals surface area contributed by atoms with Crippen molar-refractivity contribution in [2.24, 2.45) is 0 Å². The first-order valence-corrected chi connectivity index (χ1v) is 8.11. The lowest BCUT2D eigenvalue weighted by atomic mass is 10.1. The van der Waals surface area contributed by atoms with E-state index in [-0.39, 0.29) is 11.8 Å². The smallest absolute Gasteiger partial charge is 0.228 e. The molecule has 0 unspecified atom stereocenters. The van der Waals surface area contributed by atoms with Gasteiger partial charge < -0.3 is 16.0 Å². The molecule has 5 nitrogen and oxygen atoms in total. The number of nitrogens with one attached hydrogen (secondary N) is 1. The summed E-state index contributed by atoms with van der Waals surface area (Å²) in [6.45, 7) is 1.47. The van der Waals surface area contributed by atoms with Gasteiger partial charge in [-0.05, 0) is 41.8 Å². The van der Waals surface area contributed by atoms with Crippen molar-refractivity contribution in [1.29, 1.82) is 0 Å². The summed E-state index contributed by atoms with van der Waals surface area (Å²) in [6.07, 6.45) is 1.90. The largest absolute Gasteiger partial charge is 0.399 e. The second-order valence-corrected chi connectivity index (χ2v) is 6.08. The van der Waals surface area contributed by atoms with Gasteiger partial charge in [0.15, 0.2) is 0 Å². The molecular weight excluding hydrogens is 302 g/mol. The van der Waals surface area contributed by atoms with E-state index < -0.39 is 0 Å². The number of benzene rings is 2. The molecule has 2 aromatic rings. The van der Waals surface area contributed by atoms with Crippen LogP contribution < -0.4 is 11.1 Å². The highest BCUT2D eigenvalue weighted by Gasteiger charge is 2.19. The van der Waals surface area contributed by atoms with Gasteiger partial charge in [-0.1, -0.05) is 24.3 Å². The summed E-state index contributed by atoms with van der Waals surface area (Å²) < 4.78 is 0. The SMILES string of the molecule is Nc1ccc(CC(=O)Nc2ccc(CN3CCCC3=O)cc2)cc1. The lowest BCUT2D eigenvalue weighted by Gasteiger charge is -2.15. The quantitative estimate of drug-likeness (QED) is 0.830. The number of nitrogens with two attached hydrogens (primary N) is 1. The Morgan fingerprint density at radius 2 is 1.71 bits per heavy atom. The molecule has 2 aromatic carbocycles. The number of anilines is 2. The first-order chi connectivity index (χ1) is 11.6. The topological polar surface area (TPSA) is 75.4 Å². The molecule has 2 amide bonds. The minimum atomic E-state index is -0.0674. The van der Waals surface area contributed by atoms with Gasteiger partial charge in [0, 0.05) is 30.9 Å².